The van der Waals surface area contributed by atoms with Gasteiger partial charge in [-0.05, 0) is 60.1 Å². The van der Waals surface area contributed by atoms with Gasteiger partial charge in [-0.15, -0.1) is 0 Å². The van der Waals surface area contributed by atoms with E-state index >= 15 is 0 Å². The van der Waals surface area contributed by atoms with Crippen molar-refractivity contribution in [2.75, 3.05) is 4.90 Å². The van der Waals surface area contributed by atoms with Crippen molar-refractivity contribution in [3.8, 4) is 0 Å². The number of carbonyl (C=O) groups excluding carboxylic acids is 2. The fourth-order valence-electron chi connectivity index (χ4n) is 6.27. The molecule has 0 unspecified atom stereocenters. The second-order valence-corrected chi connectivity index (χ2v) is 8.61. The minimum Gasteiger partial charge on any atom is -0.274 e. The number of rotatable bonds is 4. The Morgan fingerprint density at radius 3 is 2.11 bits per heavy atom. The highest BCUT2D eigenvalue weighted by Crippen LogP contribution is 2.62. The number of anilines is 1. The van der Waals surface area contributed by atoms with Crippen molar-refractivity contribution in [2.45, 2.75) is 45.4 Å². The number of amides is 2. The van der Waals surface area contributed by atoms with Crippen LogP contribution in [0.25, 0.3) is 0 Å². The summed E-state index contributed by atoms with van der Waals surface area (Å²) < 4.78 is 0. The molecule has 3 aliphatic rings. The van der Waals surface area contributed by atoms with Gasteiger partial charge < -0.3 is 0 Å². The van der Waals surface area contributed by atoms with Gasteiger partial charge in [-0.2, -0.15) is 0 Å². The van der Waals surface area contributed by atoms with E-state index in [1.54, 1.807) is 4.90 Å². The van der Waals surface area contributed by atoms with Gasteiger partial charge >= 0.3 is 0 Å². The van der Waals surface area contributed by atoms with Gasteiger partial charge in [-0.1, -0.05) is 62.4 Å². The lowest BCUT2D eigenvalue weighted by molar-refractivity contribution is -0.123. The summed E-state index contributed by atoms with van der Waals surface area (Å²) in [6.45, 7) is 4.19. The summed E-state index contributed by atoms with van der Waals surface area (Å²) >= 11 is 0. The summed E-state index contributed by atoms with van der Waals surface area (Å²) in [6.07, 6.45) is 3.72. The number of carbonyl (C=O) groups is 2. The molecule has 2 saturated carbocycles. The van der Waals surface area contributed by atoms with Gasteiger partial charge in [0.25, 0.3) is 0 Å². The van der Waals surface area contributed by atoms with E-state index in [2.05, 4.69) is 50.2 Å². The number of benzene rings is 2. The Hall–Kier alpha value is -2.42. The van der Waals surface area contributed by atoms with Crippen LogP contribution >= 0.6 is 0 Å². The van der Waals surface area contributed by atoms with Crippen molar-refractivity contribution in [1.29, 1.82) is 0 Å². The first kappa shape index (κ1) is 17.7. The third-order valence-corrected chi connectivity index (χ3v) is 7.43. The van der Waals surface area contributed by atoms with Crippen molar-refractivity contribution in [2.24, 2.45) is 23.7 Å². The summed E-state index contributed by atoms with van der Waals surface area (Å²) in [5.41, 5.74) is 4.42. The third-order valence-electron chi connectivity index (χ3n) is 7.43. The predicted molar refractivity (Wildman–Crippen MR) is 110 cm³/mol. The van der Waals surface area contributed by atoms with Gasteiger partial charge in [0, 0.05) is 0 Å². The number of imide groups is 1. The van der Waals surface area contributed by atoms with Crippen molar-refractivity contribution in [1.82, 2.24) is 0 Å². The average Bonchev–Trinajstić information content (AvgIpc) is 3.39. The topological polar surface area (TPSA) is 37.4 Å². The predicted octanol–water partition coefficient (Wildman–Crippen LogP) is 4.74. The molecular formula is C25H27NO2. The van der Waals surface area contributed by atoms with Gasteiger partial charge in [-0.25, -0.2) is 4.90 Å². The zero-order valence-electron chi connectivity index (χ0n) is 16.6. The van der Waals surface area contributed by atoms with E-state index in [4.69, 9.17) is 0 Å². The molecule has 0 N–H and O–H groups in total. The molecule has 3 nitrogen and oxygen atoms in total. The van der Waals surface area contributed by atoms with Crippen LogP contribution < -0.4 is 4.90 Å². The van der Waals surface area contributed by atoms with Crippen LogP contribution in [0.4, 0.5) is 5.69 Å². The molecule has 2 aromatic carbocycles. The van der Waals surface area contributed by atoms with E-state index in [1.165, 1.54) is 5.56 Å². The molecule has 0 spiro atoms. The Labute approximate surface area is 166 Å². The molecule has 144 valence electrons. The van der Waals surface area contributed by atoms with Gasteiger partial charge in [0.15, 0.2) is 0 Å². The maximum absolute atomic E-state index is 13.6. The van der Waals surface area contributed by atoms with Gasteiger partial charge in [-0.3, -0.25) is 9.59 Å². The van der Waals surface area contributed by atoms with Crippen molar-refractivity contribution in [3.05, 3.63) is 65.2 Å². The average molecular weight is 373 g/mol. The monoisotopic (exact) mass is 373 g/mol. The molecule has 2 amide bonds. The van der Waals surface area contributed by atoms with Crippen molar-refractivity contribution in [3.63, 3.8) is 0 Å². The van der Waals surface area contributed by atoms with Crippen LogP contribution in [0.2, 0.25) is 0 Å². The fraction of sp³-hybridized carbons (Fsp3) is 0.440. The second kappa shape index (κ2) is 6.58. The van der Waals surface area contributed by atoms with Gasteiger partial charge in [0.05, 0.1) is 17.5 Å². The van der Waals surface area contributed by atoms with E-state index in [0.29, 0.717) is 17.8 Å². The third kappa shape index (κ3) is 2.35. The molecule has 2 aromatic rings. The highest BCUT2D eigenvalue weighted by atomic mass is 16.2. The maximum Gasteiger partial charge on any atom is 0.238 e. The SMILES string of the molecule is CCc1cccc(CC)c1N1C(=O)[C@@H]2[C@@H]3C[C@@H]([C@@H]2C1=O)[C@H](c1ccccc1)C3. The van der Waals surface area contributed by atoms with E-state index in [0.717, 1.165) is 42.5 Å². The number of nitrogens with zero attached hydrogens (tertiary/aromatic N) is 1. The lowest BCUT2D eigenvalue weighted by atomic mass is 9.73. The molecule has 0 radical (unpaired) electrons. The van der Waals surface area contributed by atoms with Crippen LogP contribution in [0, 0.1) is 23.7 Å². The molecule has 5 rings (SSSR count). The molecule has 1 saturated heterocycles. The first-order chi connectivity index (χ1) is 13.7. The zero-order valence-corrected chi connectivity index (χ0v) is 16.6. The molecule has 2 aliphatic carbocycles. The Kier molecular flexibility index (Phi) is 4.15. The van der Waals surface area contributed by atoms with Crippen LogP contribution in [-0.2, 0) is 22.4 Å². The highest BCUT2D eigenvalue weighted by molar-refractivity contribution is 6.23. The maximum atomic E-state index is 13.6. The van der Waals surface area contributed by atoms with E-state index in [1.807, 2.05) is 12.1 Å². The Morgan fingerprint density at radius 2 is 1.46 bits per heavy atom. The highest BCUT2D eigenvalue weighted by Gasteiger charge is 2.64. The number of fused-ring (bicyclic) bond motifs is 5. The van der Waals surface area contributed by atoms with E-state index in [9.17, 15) is 9.59 Å². The molecule has 28 heavy (non-hydrogen) atoms. The summed E-state index contributed by atoms with van der Waals surface area (Å²) in [5, 5.41) is 0. The Balaban J connectivity index is 1.54. The van der Waals surface area contributed by atoms with Crippen LogP contribution in [0.1, 0.15) is 49.3 Å². The van der Waals surface area contributed by atoms with Crippen LogP contribution in [0.5, 0.6) is 0 Å². The molecule has 0 aromatic heterocycles. The summed E-state index contributed by atoms with van der Waals surface area (Å²) in [6, 6.07) is 16.7. The van der Waals surface area contributed by atoms with Gasteiger partial charge in [0.2, 0.25) is 11.8 Å². The molecule has 2 bridgehead atoms. The van der Waals surface area contributed by atoms with Crippen LogP contribution in [0.15, 0.2) is 48.5 Å². The summed E-state index contributed by atoms with van der Waals surface area (Å²) in [4.78, 5) is 28.7. The lowest BCUT2D eigenvalue weighted by Crippen LogP contribution is -2.34. The minimum absolute atomic E-state index is 0.0544. The number of para-hydroxylation sites is 1. The zero-order chi connectivity index (χ0) is 19.4. The normalized spacial score (nSPS) is 30.9. The fourth-order valence-corrected chi connectivity index (χ4v) is 6.27. The van der Waals surface area contributed by atoms with Crippen LogP contribution in [0.3, 0.4) is 0 Å². The first-order valence-corrected chi connectivity index (χ1v) is 10.7. The standard InChI is InChI=1S/C25H27NO2/c1-3-15-11-8-12-16(4-2)23(15)26-24(27)21-18-13-19(17-9-6-5-7-10-17)20(14-18)22(21)25(26)28/h5-12,18-22H,3-4,13-14H2,1-2H3/t18-,19-,20+,21+,22-/m0/s1. The van der Waals surface area contributed by atoms with Crippen molar-refractivity contribution >= 4 is 17.5 Å². The lowest BCUT2D eigenvalue weighted by Gasteiger charge is -2.28. The van der Waals surface area contributed by atoms with Crippen LogP contribution in [-0.4, -0.2) is 11.8 Å². The first-order valence-electron chi connectivity index (χ1n) is 10.7. The quantitative estimate of drug-likeness (QED) is 0.726. The number of aryl methyl sites for hydroxylation is 2. The summed E-state index contributed by atoms with van der Waals surface area (Å²) in [7, 11) is 0. The molecular weight excluding hydrogens is 346 g/mol. The van der Waals surface area contributed by atoms with Gasteiger partial charge in [0.1, 0.15) is 0 Å². The Morgan fingerprint density at radius 1 is 0.821 bits per heavy atom. The summed E-state index contributed by atoms with van der Waals surface area (Å²) in [5.74, 6) is 0.941. The number of hydrogen-bond donors (Lipinski definition) is 0. The largest absolute Gasteiger partial charge is 0.274 e. The van der Waals surface area contributed by atoms with E-state index < -0.39 is 0 Å². The molecule has 1 aliphatic heterocycles. The molecule has 3 heteroatoms. The minimum atomic E-state index is -0.133. The Bertz CT molecular complexity index is 913. The number of hydrogen-bond acceptors (Lipinski definition) is 2. The smallest absolute Gasteiger partial charge is 0.238 e. The van der Waals surface area contributed by atoms with E-state index in [-0.39, 0.29) is 23.7 Å². The van der Waals surface area contributed by atoms with Crippen molar-refractivity contribution < 1.29 is 9.59 Å². The molecule has 5 atom stereocenters. The molecule has 1 heterocycles. The molecule has 3 fully saturated rings. The second-order valence-electron chi connectivity index (χ2n) is 8.61.